The highest BCUT2D eigenvalue weighted by molar-refractivity contribution is 5.88. The minimum absolute atomic E-state index is 0.0518. The van der Waals surface area contributed by atoms with Crippen molar-refractivity contribution in [1.29, 1.82) is 0 Å². The van der Waals surface area contributed by atoms with E-state index in [9.17, 15) is 9.59 Å². The van der Waals surface area contributed by atoms with Gasteiger partial charge in [0, 0.05) is 0 Å². The number of aromatic nitrogens is 2. The molecule has 0 spiro atoms. The molecule has 2 aromatic rings. The van der Waals surface area contributed by atoms with E-state index < -0.39 is 12.1 Å². The van der Waals surface area contributed by atoms with E-state index in [1.807, 2.05) is 37.3 Å². The van der Waals surface area contributed by atoms with Gasteiger partial charge >= 0.3 is 11.9 Å². The first-order valence-electron chi connectivity index (χ1n) is 8.97. The molecule has 0 radical (unpaired) electrons. The number of nitrogens with zero attached hydrogens (tertiary/aromatic N) is 2. The molecule has 0 bridgehead atoms. The zero-order valence-electron chi connectivity index (χ0n) is 15.1. The molecule has 1 aromatic heterocycles. The van der Waals surface area contributed by atoms with Crippen LogP contribution in [0.2, 0.25) is 0 Å². The van der Waals surface area contributed by atoms with Gasteiger partial charge in [-0.2, -0.15) is 0 Å². The standard InChI is InChI=1S/C20H24N2O4/c1-14(15-8-4-3-5-9-15)22-13-21-12-17(22)20(24)26-18-11-7-6-10-16(18)19(23)25-2/h3-5,8-9,12-14,16,18H,6-7,10-11H2,1-2H3. The van der Waals surface area contributed by atoms with Gasteiger partial charge in [0.1, 0.15) is 11.8 Å². The Bertz CT molecular complexity index is 756. The van der Waals surface area contributed by atoms with Crippen LogP contribution in [0.15, 0.2) is 42.9 Å². The monoisotopic (exact) mass is 356 g/mol. The first-order chi connectivity index (χ1) is 12.6. The van der Waals surface area contributed by atoms with Crippen LogP contribution in [-0.4, -0.2) is 34.7 Å². The molecule has 138 valence electrons. The summed E-state index contributed by atoms with van der Waals surface area (Å²) in [5.41, 5.74) is 1.46. The number of benzene rings is 1. The van der Waals surface area contributed by atoms with Crippen LogP contribution >= 0.6 is 0 Å². The molecule has 0 N–H and O–H groups in total. The van der Waals surface area contributed by atoms with Gasteiger partial charge in [-0.05, 0) is 31.7 Å². The van der Waals surface area contributed by atoms with Crippen molar-refractivity contribution in [3.63, 3.8) is 0 Å². The SMILES string of the molecule is COC(=O)C1CCCCC1OC(=O)c1cncn1C(C)c1ccccc1. The number of imidazole rings is 1. The van der Waals surface area contributed by atoms with Gasteiger partial charge in [-0.25, -0.2) is 9.78 Å². The van der Waals surface area contributed by atoms with E-state index in [1.165, 1.54) is 13.3 Å². The lowest BCUT2D eigenvalue weighted by atomic mass is 9.86. The van der Waals surface area contributed by atoms with Gasteiger partial charge in [0.25, 0.3) is 0 Å². The first-order valence-corrected chi connectivity index (χ1v) is 8.97. The minimum Gasteiger partial charge on any atom is -0.469 e. The summed E-state index contributed by atoms with van der Waals surface area (Å²) in [7, 11) is 1.37. The fourth-order valence-corrected chi connectivity index (χ4v) is 3.52. The van der Waals surface area contributed by atoms with Crippen LogP contribution in [0.4, 0.5) is 0 Å². The summed E-state index contributed by atoms with van der Waals surface area (Å²) in [6.07, 6.45) is 5.93. The van der Waals surface area contributed by atoms with Crippen molar-refractivity contribution in [3.8, 4) is 0 Å². The summed E-state index contributed by atoms with van der Waals surface area (Å²) in [6.45, 7) is 2.01. The number of carbonyl (C=O) groups excluding carboxylic acids is 2. The molecule has 3 rings (SSSR count). The highest BCUT2D eigenvalue weighted by Gasteiger charge is 2.35. The van der Waals surface area contributed by atoms with Gasteiger partial charge in [-0.3, -0.25) is 4.79 Å². The maximum atomic E-state index is 12.8. The molecule has 0 amide bonds. The number of methoxy groups -OCH3 is 1. The van der Waals surface area contributed by atoms with Crippen LogP contribution in [0.5, 0.6) is 0 Å². The van der Waals surface area contributed by atoms with E-state index in [4.69, 9.17) is 9.47 Å². The molecule has 0 saturated heterocycles. The molecule has 6 heteroatoms. The lowest BCUT2D eigenvalue weighted by Crippen LogP contribution is -2.36. The molecule has 3 unspecified atom stereocenters. The Morgan fingerprint density at radius 2 is 1.92 bits per heavy atom. The van der Waals surface area contributed by atoms with Crippen molar-refractivity contribution in [2.24, 2.45) is 5.92 Å². The first kappa shape index (κ1) is 18.2. The summed E-state index contributed by atoms with van der Waals surface area (Å²) < 4.78 is 12.4. The van der Waals surface area contributed by atoms with Crippen molar-refractivity contribution in [2.45, 2.75) is 44.8 Å². The molecular formula is C20H24N2O4. The van der Waals surface area contributed by atoms with Crippen LogP contribution < -0.4 is 0 Å². The highest BCUT2D eigenvalue weighted by Crippen LogP contribution is 2.29. The summed E-state index contributed by atoms with van der Waals surface area (Å²) in [4.78, 5) is 28.8. The van der Waals surface area contributed by atoms with Gasteiger partial charge in [-0.1, -0.05) is 36.8 Å². The minimum atomic E-state index is -0.453. The summed E-state index contributed by atoms with van der Waals surface area (Å²) in [5, 5.41) is 0. The van der Waals surface area contributed by atoms with E-state index >= 15 is 0 Å². The molecule has 0 aliphatic heterocycles. The zero-order chi connectivity index (χ0) is 18.5. The second-order valence-electron chi connectivity index (χ2n) is 6.63. The Balaban J connectivity index is 1.76. The van der Waals surface area contributed by atoms with E-state index in [0.29, 0.717) is 18.5 Å². The lowest BCUT2D eigenvalue weighted by Gasteiger charge is -2.29. The number of hydrogen-bond donors (Lipinski definition) is 0. The second-order valence-corrected chi connectivity index (χ2v) is 6.63. The Kier molecular flexibility index (Phi) is 5.71. The molecule has 6 nitrogen and oxygen atoms in total. The Morgan fingerprint density at radius 1 is 1.19 bits per heavy atom. The summed E-state index contributed by atoms with van der Waals surface area (Å²) in [5.74, 6) is -1.15. The van der Waals surface area contributed by atoms with Gasteiger partial charge < -0.3 is 14.0 Å². The van der Waals surface area contributed by atoms with E-state index in [0.717, 1.165) is 18.4 Å². The number of esters is 2. The zero-order valence-corrected chi connectivity index (χ0v) is 15.1. The number of hydrogen-bond acceptors (Lipinski definition) is 5. The van der Waals surface area contributed by atoms with Crippen LogP contribution in [0.1, 0.15) is 54.7 Å². The highest BCUT2D eigenvalue weighted by atomic mass is 16.6. The van der Waals surface area contributed by atoms with Gasteiger partial charge in [-0.15, -0.1) is 0 Å². The average molecular weight is 356 g/mol. The molecular weight excluding hydrogens is 332 g/mol. The van der Waals surface area contributed by atoms with Crippen LogP contribution in [0.3, 0.4) is 0 Å². The van der Waals surface area contributed by atoms with Crippen LogP contribution in [-0.2, 0) is 14.3 Å². The Hall–Kier alpha value is -2.63. The Labute approximate surface area is 153 Å². The van der Waals surface area contributed by atoms with E-state index in [2.05, 4.69) is 4.98 Å². The largest absolute Gasteiger partial charge is 0.469 e. The summed E-state index contributed by atoms with van der Waals surface area (Å²) in [6, 6.07) is 9.84. The molecule has 1 heterocycles. The predicted octanol–water partition coefficient (Wildman–Crippen LogP) is 3.38. The third-order valence-corrected chi connectivity index (χ3v) is 5.04. The second kappa shape index (κ2) is 8.17. The molecule has 1 aliphatic carbocycles. The van der Waals surface area contributed by atoms with Crippen molar-refractivity contribution in [2.75, 3.05) is 7.11 Å². The molecule has 26 heavy (non-hydrogen) atoms. The van der Waals surface area contributed by atoms with Crippen molar-refractivity contribution < 1.29 is 19.1 Å². The number of carbonyl (C=O) groups is 2. The van der Waals surface area contributed by atoms with Crippen LogP contribution in [0.25, 0.3) is 0 Å². The van der Waals surface area contributed by atoms with Gasteiger partial charge in [0.2, 0.25) is 0 Å². The van der Waals surface area contributed by atoms with Crippen molar-refractivity contribution in [3.05, 3.63) is 54.1 Å². The van der Waals surface area contributed by atoms with E-state index in [1.54, 1.807) is 10.9 Å². The Morgan fingerprint density at radius 3 is 2.65 bits per heavy atom. The molecule has 3 atom stereocenters. The smallest absolute Gasteiger partial charge is 0.356 e. The van der Waals surface area contributed by atoms with Gasteiger partial charge in [0.05, 0.1) is 31.6 Å². The van der Waals surface area contributed by atoms with Crippen LogP contribution in [0, 0.1) is 5.92 Å². The fraction of sp³-hybridized carbons (Fsp3) is 0.450. The van der Waals surface area contributed by atoms with Crippen molar-refractivity contribution in [1.82, 2.24) is 9.55 Å². The third-order valence-electron chi connectivity index (χ3n) is 5.04. The fourth-order valence-electron chi connectivity index (χ4n) is 3.52. The van der Waals surface area contributed by atoms with Gasteiger partial charge in [0.15, 0.2) is 0 Å². The average Bonchev–Trinajstić information content (AvgIpc) is 3.18. The predicted molar refractivity (Wildman–Crippen MR) is 95.7 cm³/mol. The molecule has 1 aliphatic rings. The van der Waals surface area contributed by atoms with E-state index in [-0.39, 0.29) is 17.9 Å². The normalized spacial score (nSPS) is 21.0. The topological polar surface area (TPSA) is 70.4 Å². The van der Waals surface area contributed by atoms with Crippen molar-refractivity contribution >= 4 is 11.9 Å². The summed E-state index contributed by atoms with van der Waals surface area (Å²) >= 11 is 0. The lowest BCUT2D eigenvalue weighted by molar-refractivity contribution is -0.151. The molecule has 1 saturated carbocycles. The number of rotatable bonds is 5. The molecule has 1 aromatic carbocycles. The molecule has 1 fully saturated rings. The third kappa shape index (κ3) is 3.79. The maximum Gasteiger partial charge on any atom is 0.356 e. The quantitative estimate of drug-likeness (QED) is 0.768. The number of ether oxygens (including phenoxy) is 2. The maximum absolute atomic E-state index is 12.8.